The molecule has 1 amide bonds. The van der Waals surface area contributed by atoms with E-state index in [4.69, 9.17) is 4.74 Å². The van der Waals surface area contributed by atoms with Crippen LogP contribution in [-0.2, 0) is 9.53 Å². The number of nitrogens with zero attached hydrogens (tertiary/aromatic N) is 1. The lowest BCUT2D eigenvalue weighted by Gasteiger charge is -2.29. The van der Waals surface area contributed by atoms with Crippen molar-refractivity contribution in [2.45, 2.75) is 45.6 Å². The minimum atomic E-state index is -0.733. The van der Waals surface area contributed by atoms with E-state index < -0.39 is 10.9 Å². The van der Waals surface area contributed by atoms with Crippen LogP contribution in [0.25, 0.3) is 0 Å². The molecule has 0 bridgehead atoms. The molecule has 0 spiro atoms. The zero-order valence-electron chi connectivity index (χ0n) is 13.9. The standard InChI is InChI=1S/C17H22N2O5/c1-11-6-3-4-8-14(11)18-16(20)10-24-17(21)13-7-5-9-15(12(13)2)19(22)23/h5,7,9,11,14H,3-4,6,8,10H2,1-2H3,(H,18,20)/t11-,14-/m1/s1. The van der Waals surface area contributed by atoms with Gasteiger partial charge in [0, 0.05) is 17.7 Å². The SMILES string of the molecule is Cc1c(C(=O)OCC(=O)N[C@@H]2CCCC[C@H]2C)cccc1[N+](=O)[O-]. The molecule has 0 radical (unpaired) electrons. The molecule has 1 aromatic carbocycles. The second-order valence-electron chi connectivity index (χ2n) is 6.22. The van der Waals surface area contributed by atoms with Gasteiger partial charge in [0.25, 0.3) is 11.6 Å². The number of carbonyl (C=O) groups excluding carboxylic acids is 2. The van der Waals surface area contributed by atoms with Crippen LogP contribution in [0.3, 0.4) is 0 Å². The van der Waals surface area contributed by atoms with Crippen molar-refractivity contribution in [1.82, 2.24) is 5.32 Å². The molecule has 7 nitrogen and oxygen atoms in total. The van der Waals surface area contributed by atoms with Crippen molar-refractivity contribution in [3.63, 3.8) is 0 Å². The van der Waals surface area contributed by atoms with Crippen molar-refractivity contribution >= 4 is 17.6 Å². The zero-order valence-corrected chi connectivity index (χ0v) is 13.9. The molecule has 24 heavy (non-hydrogen) atoms. The van der Waals surface area contributed by atoms with Gasteiger partial charge in [-0.05, 0) is 31.7 Å². The molecule has 1 aromatic rings. The molecule has 1 saturated carbocycles. The highest BCUT2D eigenvalue weighted by molar-refractivity contribution is 5.93. The molecule has 1 aliphatic rings. The van der Waals surface area contributed by atoms with Gasteiger partial charge >= 0.3 is 5.97 Å². The van der Waals surface area contributed by atoms with Crippen LogP contribution < -0.4 is 5.32 Å². The third kappa shape index (κ3) is 4.31. The summed E-state index contributed by atoms with van der Waals surface area (Å²) in [6, 6.07) is 4.31. The molecule has 2 rings (SSSR count). The van der Waals surface area contributed by atoms with Crippen molar-refractivity contribution < 1.29 is 19.2 Å². The number of nitro benzene ring substituents is 1. The Balaban J connectivity index is 1.92. The third-order valence-electron chi connectivity index (χ3n) is 4.51. The highest BCUT2D eigenvalue weighted by Crippen LogP contribution is 2.24. The van der Waals surface area contributed by atoms with E-state index in [1.165, 1.54) is 31.5 Å². The predicted octanol–water partition coefficient (Wildman–Crippen LogP) is 2.75. The molecule has 1 N–H and O–H groups in total. The van der Waals surface area contributed by atoms with E-state index in [-0.39, 0.29) is 35.4 Å². The van der Waals surface area contributed by atoms with Gasteiger partial charge in [-0.25, -0.2) is 4.79 Å². The Morgan fingerprint density at radius 1 is 1.33 bits per heavy atom. The Morgan fingerprint density at radius 2 is 2.04 bits per heavy atom. The Labute approximate surface area is 140 Å². The summed E-state index contributed by atoms with van der Waals surface area (Å²) in [4.78, 5) is 34.4. The summed E-state index contributed by atoms with van der Waals surface area (Å²) < 4.78 is 5.01. The van der Waals surface area contributed by atoms with E-state index >= 15 is 0 Å². The van der Waals surface area contributed by atoms with Gasteiger partial charge in [-0.2, -0.15) is 0 Å². The monoisotopic (exact) mass is 334 g/mol. The van der Waals surface area contributed by atoms with E-state index in [1.807, 2.05) is 0 Å². The quantitative estimate of drug-likeness (QED) is 0.507. The number of esters is 1. The number of carbonyl (C=O) groups is 2. The Hall–Kier alpha value is -2.44. The molecule has 0 unspecified atom stereocenters. The van der Waals surface area contributed by atoms with E-state index in [0.29, 0.717) is 5.92 Å². The number of amides is 1. The largest absolute Gasteiger partial charge is 0.452 e. The molecule has 1 aliphatic carbocycles. The molecule has 0 aromatic heterocycles. The maximum atomic E-state index is 12.1. The van der Waals surface area contributed by atoms with Gasteiger partial charge in [0.1, 0.15) is 0 Å². The molecule has 0 aliphatic heterocycles. The van der Waals surface area contributed by atoms with Crippen molar-refractivity contribution in [2.24, 2.45) is 5.92 Å². The predicted molar refractivity (Wildman–Crippen MR) is 87.7 cm³/mol. The number of rotatable bonds is 5. The van der Waals surface area contributed by atoms with Crippen molar-refractivity contribution in [3.8, 4) is 0 Å². The highest BCUT2D eigenvalue weighted by atomic mass is 16.6. The highest BCUT2D eigenvalue weighted by Gasteiger charge is 2.24. The topological polar surface area (TPSA) is 98.5 Å². The lowest BCUT2D eigenvalue weighted by atomic mass is 9.86. The third-order valence-corrected chi connectivity index (χ3v) is 4.51. The van der Waals surface area contributed by atoms with Crippen LogP contribution >= 0.6 is 0 Å². The first kappa shape index (κ1) is 17.9. The molecule has 0 saturated heterocycles. The first-order valence-corrected chi connectivity index (χ1v) is 8.10. The number of nitrogens with one attached hydrogen (secondary N) is 1. The molecular formula is C17H22N2O5. The molecular weight excluding hydrogens is 312 g/mol. The molecule has 1 fully saturated rings. The fourth-order valence-electron chi connectivity index (χ4n) is 3.03. The summed E-state index contributed by atoms with van der Waals surface area (Å²) in [5.74, 6) is -0.661. The number of hydrogen-bond acceptors (Lipinski definition) is 5. The van der Waals surface area contributed by atoms with Crippen molar-refractivity contribution in [2.75, 3.05) is 6.61 Å². The summed E-state index contributed by atoms with van der Waals surface area (Å²) in [5.41, 5.74) is 0.182. The van der Waals surface area contributed by atoms with Crippen LogP contribution in [0.2, 0.25) is 0 Å². The molecule has 130 valence electrons. The maximum Gasteiger partial charge on any atom is 0.339 e. The van der Waals surface area contributed by atoms with Crippen molar-refractivity contribution in [3.05, 3.63) is 39.4 Å². The minimum absolute atomic E-state index is 0.100. The number of nitro groups is 1. The van der Waals surface area contributed by atoms with Gasteiger partial charge in [0.15, 0.2) is 6.61 Å². The zero-order chi connectivity index (χ0) is 17.7. The van der Waals surface area contributed by atoms with Gasteiger partial charge in [-0.3, -0.25) is 14.9 Å². The summed E-state index contributed by atoms with van der Waals surface area (Å²) >= 11 is 0. The lowest BCUT2D eigenvalue weighted by molar-refractivity contribution is -0.385. The summed E-state index contributed by atoms with van der Waals surface area (Å²) in [6.07, 6.45) is 4.28. The fraction of sp³-hybridized carbons (Fsp3) is 0.529. The Bertz CT molecular complexity index is 644. The number of benzene rings is 1. The average Bonchev–Trinajstić information content (AvgIpc) is 2.54. The normalized spacial score (nSPS) is 20.2. The molecule has 2 atom stereocenters. The van der Waals surface area contributed by atoms with Crippen LogP contribution in [0.15, 0.2) is 18.2 Å². The van der Waals surface area contributed by atoms with Gasteiger partial charge < -0.3 is 10.1 Å². The smallest absolute Gasteiger partial charge is 0.339 e. The van der Waals surface area contributed by atoms with Gasteiger partial charge in [-0.15, -0.1) is 0 Å². The second kappa shape index (κ2) is 7.90. The second-order valence-corrected chi connectivity index (χ2v) is 6.22. The Kier molecular flexibility index (Phi) is 5.89. The van der Waals surface area contributed by atoms with E-state index in [0.717, 1.165) is 19.3 Å². The Morgan fingerprint density at radius 3 is 2.71 bits per heavy atom. The van der Waals surface area contributed by atoms with Crippen LogP contribution in [-0.4, -0.2) is 29.4 Å². The van der Waals surface area contributed by atoms with Gasteiger partial charge in [0.2, 0.25) is 0 Å². The van der Waals surface area contributed by atoms with Crippen LogP contribution in [0, 0.1) is 23.0 Å². The van der Waals surface area contributed by atoms with Crippen LogP contribution in [0.1, 0.15) is 48.5 Å². The van der Waals surface area contributed by atoms with E-state index in [2.05, 4.69) is 12.2 Å². The van der Waals surface area contributed by atoms with Gasteiger partial charge in [-0.1, -0.05) is 25.8 Å². The first-order chi connectivity index (χ1) is 11.4. The molecule has 0 heterocycles. The summed E-state index contributed by atoms with van der Waals surface area (Å²) in [6.45, 7) is 3.20. The summed E-state index contributed by atoms with van der Waals surface area (Å²) in [7, 11) is 0. The van der Waals surface area contributed by atoms with Crippen molar-refractivity contribution in [1.29, 1.82) is 0 Å². The number of hydrogen-bond donors (Lipinski definition) is 1. The number of ether oxygens (including phenoxy) is 1. The average molecular weight is 334 g/mol. The lowest BCUT2D eigenvalue weighted by Crippen LogP contribution is -2.42. The van der Waals surface area contributed by atoms with Crippen LogP contribution in [0.5, 0.6) is 0 Å². The van der Waals surface area contributed by atoms with Crippen LogP contribution in [0.4, 0.5) is 5.69 Å². The minimum Gasteiger partial charge on any atom is -0.452 e. The van der Waals surface area contributed by atoms with E-state index in [9.17, 15) is 19.7 Å². The van der Waals surface area contributed by atoms with E-state index in [1.54, 1.807) is 0 Å². The maximum absolute atomic E-state index is 12.1. The first-order valence-electron chi connectivity index (χ1n) is 8.10. The fourth-order valence-corrected chi connectivity index (χ4v) is 3.03. The molecule has 7 heteroatoms. The van der Waals surface area contributed by atoms with Gasteiger partial charge in [0.05, 0.1) is 10.5 Å². The summed E-state index contributed by atoms with van der Waals surface area (Å²) in [5, 5.41) is 13.8.